The van der Waals surface area contributed by atoms with Crippen molar-refractivity contribution in [3.63, 3.8) is 0 Å². The number of rotatable bonds is 5. The molecule has 1 aliphatic rings. The van der Waals surface area contributed by atoms with Crippen molar-refractivity contribution in [2.45, 2.75) is 26.8 Å². The summed E-state index contributed by atoms with van der Waals surface area (Å²) in [6.45, 7) is 6.06. The zero-order valence-electron chi connectivity index (χ0n) is 12.9. The Morgan fingerprint density at radius 1 is 1.23 bits per heavy atom. The molecule has 6 nitrogen and oxygen atoms in total. The van der Waals surface area contributed by atoms with Crippen LogP contribution < -0.4 is 15.4 Å². The predicted octanol–water partition coefficient (Wildman–Crippen LogP) is 2.28. The highest BCUT2D eigenvalue weighted by Crippen LogP contribution is 2.33. The maximum absolute atomic E-state index is 12.3. The molecule has 0 radical (unpaired) electrons. The normalized spacial score (nSPS) is 17.6. The van der Waals surface area contributed by atoms with E-state index in [1.165, 1.54) is 0 Å². The van der Waals surface area contributed by atoms with Gasteiger partial charge in [-0.15, -0.1) is 0 Å². The lowest BCUT2D eigenvalue weighted by Gasteiger charge is -2.29. The lowest BCUT2D eigenvalue weighted by atomic mass is 9.95. The van der Waals surface area contributed by atoms with Crippen LogP contribution in [-0.4, -0.2) is 25.2 Å². The number of allylic oxidation sites excluding steroid dienone is 1. The van der Waals surface area contributed by atoms with E-state index in [-0.39, 0.29) is 12.6 Å². The monoisotopic (exact) mass is 304 g/mol. The smallest absolute Gasteiger partial charge is 0.338 e. The summed E-state index contributed by atoms with van der Waals surface area (Å²) < 4.78 is 10.7. The van der Waals surface area contributed by atoms with Crippen LogP contribution in [0.4, 0.5) is 4.79 Å². The summed E-state index contributed by atoms with van der Waals surface area (Å²) in [6, 6.07) is 6.36. The van der Waals surface area contributed by atoms with Gasteiger partial charge < -0.3 is 20.1 Å². The molecule has 0 aliphatic carbocycles. The molecule has 0 saturated heterocycles. The molecule has 0 fully saturated rings. The molecule has 1 atom stereocenters. The number of ether oxygens (including phenoxy) is 2. The summed E-state index contributed by atoms with van der Waals surface area (Å²) in [4.78, 5) is 24.1. The lowest BCUT2D eigenvalue weighted by Crippen LogP contribution is -2.45. The first kappa shape index (κ1) is 15.9. The second-order valence-electron chi connectivity index (χ2n) is 4.76. The van der Waals surface area contributed by atoms with E-state index in [1.807, 2.05) is 31.2 Å². The zero-order chi connectivity index (χ0) is 16.1. The fourth-order valence-corrected chi connectivity index (χ4v) is 2.41. The number of urea groups is 1. The molecule has 0 unspecified atom stereocenters. The van der Waals surface area contributed by atoms with Crippen molar-refractivity contribution in [1.29, 1.82) is 0 Å². The molecule has 118 valence electrons. The van der Waals surface area contributed by atoms with Gasteiger partial charge in [-0.05, 0) is 26.8 Å². The van der Waals surface area contributed by atoms with Crippen LogP contribution in [0.25, 0.3) is 0 Å². The van der Waals surface area contributed by atoms with E-state index in [0.29, 0.717) is 23.6 Å². The van der Waals surface area contributed by atoms with Gasteiger partial charge >= 0.3 is 12.0 Å². The SMILES string of the molecule is CCOC(=O)C1=C(C)NC(=O)N[C@@H]1c1ccccc1OCC. The van der Waals surface area contributed by atoms with Gasteiger partial charge in [-0.1, -0.05) is 18.2 Å². The number of nitrogens with one attached hydrogen (secondary N) is 2. The Morgan fingerprint density at radius 3 is 2.64 bits per heavy atom. The van der Waals surface area contributed by atoms with Crippen LogP contribution in [0.5, 0.6) is 5.75 Å². The molecular weight excluding hydrogens is 284 g/mol. The Bertz CT molecular complexity index is 610. The molecule has 2 N–H and O–H groups in total. The van der Waals surface area contributed by atoms with Crippen molar-refractivity contribution in [1.82, 2.24) is 10.6 Å². The second-order valence-corrected chi connectivity index (χ2v) is 4.76. The average Bonchev–Trinajstić information content (AvgIpc) is 2.47. The number of hydrogen-bond acceptors (Lipinski definition) is 4. The van der Waals surface area contributed by atoms with E-state index in [0.717, 1.165) is 5.56 Å². The first-order valence-corrected chi connectivity index (χ1v) is 7.25. The average molecular weight is 304 g/mol. The number of benzene rings is 1. The Kier molecular flexibility index (Phi) is 5.04. The highest BCUT2D eigenvalue weighted by atomic mass is 16.5. The molecule has 1 heterocycles. The fourth-order valence-electron chi connectivity index (χ4n) is 2.41. The minimum atomic E-state index is -0.601. The molecule has 0 bridgehead atoms. The maximum atomic E-state index is 12.3. The van der Waals surface area contributed by atoms with Crippen LogP contribution in [0, 0.1) is 0 Å². The van der Waals surface area contributed by atoms with Crippen LogP contribution in [0.15, 0.2) is 35.5 Å². The van der Waals surface area contributed by atoms with Crippen molar-refractivity contribution in [3.8, 4) is 5.75 Å². The lowest BCUT2D eigenvalue weighted by molar-refractivity contribution is -0.139. The standard InChI is InChI=1S/C16H20N2O4/c1-4-21-12-9-7-6-8-11(12)14-13(15(19)22-5-2)10(3)17-16(20)18-14/h6-9,14H,4-5H2,1-3H3,(H2,17,18,20)/t14-/m1/s1. The molecule has 0 spiro atoms. The highest BCUT2D eigenvalue weighted by molar-refractivity contribution is 5.95. The number of amides is 2. The van der Waals surface area contributed by atoms with Crippen LogP contribution in [0.2, 0.25) is 0 Å². The summed E-state index contributed by atoms with van der Waals surface area (Å²) in [7, 11) is 0. The van der Waals surface area contributed by atoms with Crippen LogP contribution in [0.1, 0.15) is 32.4 Å². The van der Waals surface area contributed by atoms with Gasteiger partial charge in [0.05, 0.1) is 24.8 Å². The van der Waals surface area contributed by atoms with Crippen molar-refractivity contribution in [2.24, 2.45) is 0 Å². The third kappa shape index (κ3) is 3.21. The van der Waals surface area contributed by atoms with E-state index < -0.39 is 12.0 Å². The van der Waals surface area contributed by atoms with Crippen molar-refractivity contribution in [3.05, 3.63) is 41.1 Å². The van der Waals surface area contributed by atoms with Crippen LogP contribution in [-0.2, 0) is 9.53 Å². The Labute approximate surface area is 129 Å². The third-order valence-corrected chi connectivity index (χ3v) is 3.29. The van der Waals surface area contributed by atoms with Gasteiger partial charge in [0, 0.05) is 11.3 Å². The molecule has 1 aromatic carbocycles. The van der Waals surface area contributed by atoms with Crippen LogP contribution in [0.3, 0.4) is 0 Å². The molecule has 6 heteroatoms. The number of esters is 1. The molecule has 2 amide bonds. The summed E-state index contributed by atoms with van der Waals surface area (Å²) in [5.74, 6) is 0.176. The van der Waals surface area contributed by atoms with Gasteiger partial charge in [0.1, 0.15) is 5.75 Å². The quantitative estimate of drug-likeness (QED) is 0.818. The molecule has 22 heavy (non-hydrogen) atoms. The minimum absolute atomic E-state index is 0.267. The van der Waals surface area contributed by atoms with Gasteiger partial charge in [0.2, 0.25) is 0 Å². The third-order valence-electron chi connectivity index (χ3n) is 3.29. The number of carbonyl (C=O) groups excluding carboxylic acids is 2. The molecule has 1 aromatic rings. The van der Waals surface area contributed by atoms with E-state index in [2.05, 4.69) is 10.6 Å². The highest BCUT2D eigenvalue weighted by Gasteiger charge is 2.33. The summed E-state index contributed by atoms with van der Waals surface area (Å²) in [5.41, 5.74) is 1.59. The summed E-state index contributed by atoms with van der Waals surface area (Å²) >= 11 is 0. The Hall–Kier alpha value is -2.50. The van der Waals surface area contributed by atoms with E-state index in [4.69, 9.17) is 9.47 Å². The number of carbonyl (C=O) groups is 2. The fraction of sp³-hybridized carbons (Fsp3) is 0.375. The van der Waals surface area contributed by atoms with Crippen molar-refractivity contribution >= 4 is 12.0 Å². The topological polar surface area (TPSA) is 76.7 Å². The predicted molar refractivity (Wildman–Crippen MR) is 81.4 cm³/mol. The first-order valence-electron chi connectivity index (χ1n) is 7.25. The van der Waals surface area contributed by atoms with Crippen LogP contribution >= 0.6 is 0 Å². The second kappa shape index (κ2) is 6.98. The van der Waals surface area contributed by atoms with Crippen molar-refractivity contribution in [2.75, 3.05) is 13.2 Å². The molecule has 2 rings (SSSR count). The molecule has 0 saturated carbocycles. The Balaban J connectivity index is 2.48. The first-order chi connectivity index (χ1) is 10.6. The van der Waals surface area contributed by atoms with E-state index in [1.54, 1.807) is 13.8 Å². The molecule has 0 aromatic heterocycles. The molecule has 1 aliphatic heterocycles. The number of para-hydroxylation sites is 1. The van der Waals surface area contributed by atoms with Gasteiger partial charge in [0.15, 0.2) is 0 Å². The molecular formula is C16H20N2O4. The Morgan fingerprint density at radius 2 is 1.95 bits per heavy atom. The minimum Gasteiger partial charge on any atom is -0.494 e. The summed E-state index contributed by atoms with van der Waals surface area (Å²) in [6.07, 6.45) is 0. The van der Waals surface area contributed by atoms with Crippen molar-refractivity contribution < 1.29 is 19.1 Å². The van der Waals surface area contributed by atoms with E-state index >= 15 is 0 Å². The van der Waals surface area contributed by atoms with E-state index in [9.17, 15) is 9.59 Å². The zero-order valence-corrected chi connectivity index (χ0v) is 12.9. The summed E-state index contributed by atoms with van der Waals surface area (Å²) in [5, 5.41) is 5.37. The number of hydrogen-bond donors (Lipinski definition) is 2. The van der Waals surface area contributed by atoms with Gasteiger partial charge in [-0.25, -0.2) is 9.59 Å². The maximum Gasteiger partial charge on any atom is 0.338 e. The largest absolute Gasteiger partial charge is 0.494 e. The van der Waals surface area contributed by atoms with Gasteiger partial charge in [0.25, 0.3) is 0 Å². The van der Waals surface area contributed by atoms with Gasteiger partial charge in [-0.2, -0.15) is 0 Å². The van der Waals surface area contributed by atoms with Gasteiger partial charge in [-0.3, -0.25) is 0 Å².